The highest BCUT2D eigenvalue weighted by atomic mass is 16.6. The van der Waals surface area contributed by atoms with Gasteiger partial charge >= 0.3 is 11.9 Å². The van der Waals surface area contributed by atoms with Crippen LogP contribution in [0.3, 0.4) is 0 Å². The van der Waals surface area contributed by atoms with Crippen LogP contribution in [0.4, 0.5) is 0 Å². The van der Waals surface area contributed by atoms with Gasteiger partial charge in [-0.1, -0.05) is 32.4 Å². The zero-order valence-electron chi connectivity index (χ0n) is 13.9. The summed E-state index contributed by atoms with van der Waals surface area (Å²) in [5.74, 6) is -2.88. The number of hydrogen-bond acceptors (Lipinski definition) is 6. The Morgan fingerprint density at radius 1 is 1.17 bits per heavy atom. The maximum Gasteiger partial charge on any atom is 0.335 e. The normalized spacial score (nSPS) is 32.0. The molecule has 4 aliphatic rings. The molecule has 0 aromatic heterocycles. The summed E-state index contributed by atoms with van der Waals surface area (Å²) < 4.78 is 15.2. The molecule has 0 aromatic rings. The number of Topliss-reactive ketones (excluding diaryl/α,β-unsaturated/α-hetero) is 1. The highest BCUT2D eigenvalue weighted by Gasteiger charge is 2.69. The zero-order valence-corrected chi connectivity index (χ0v) is 13.9. The molecule has 1 spiro atoms. The van der Waals surface area contributed by atoms with E-state index in [2.05, 4.69) is 0 Å². The van der Waals surface area contributed by atoms with Crippen molar-refractivity contribution in [3.05, 3.63) is 22.8 Å². The van der Waals surface area contributed by atoms with E-state index < -0.39 is 29.4 Å². The quantitative estimate of drug-likeness (QED) is 0.432. The van der Waals surface area contributed by atoms with Gasteiger partial charge in [0.15, 0.2) is 11.4 Å². The third-order valence-corrected chi connectivity index (χ3v) is 4.84. The van der Waals surface area contributed by atoms with Crippen molar-refractivity contribution in [1.29, 1.82) is 0 Å². The van der Waals surface area contributed by atoms with Crippen LogP contribution in [-0.4, -0.2) is 44.1 Å². The first-order chi connectivity index (χ1) is 10.7. The van der Waals surface area contributed by atoms with Crippen molar-refractivity contribution < 1.29 is 28.6 Å². The summed E-state index contributed by atoms with van der Waals surface area (Å²) in [6.45, 7) is 6.28. The van der Waals surface area contributed by atoms with Gasteiger partial charge < -0.3 is 14.2 Å². The molecule has 23 heavy (non-hydrogen) atoms. The standard InChI is InChI=1S/C17H20O6/c1-16(2,3)9-6-8-10(14(19)21-4)11(15(20)22-5)12(9)17(7-23-17)13(8)18/h6,8,12H,7H2,1-5H3/t8-,12+,17-/m0/s1. The number of allylic oxidation sites excluding steroid dienone is 1. The Kier molecular flexibility index (Phi) is 3.30. The van der Waals surface area contributed by atoms with Crippen molar-refractivity contribution >= 4 is 17.7 Å². The summed E-state index contributed by atoms with van der Waals surface area (Å²) >= 11 is 0. The topological polar surface area (TPSA) is 82.2 Å². The Hall–Kier alpha value is -1.95. The fraction of sp³-hybridized carbons (Fsp3) is 0.588. The van der Waals surface area contributed by atoms with E-state index in [1.54, 1.807) is 6.08 Å². The summed E-state index contributed by atoms with van der Waals surface area (Å²) in [6, 6.07) is 0. The SMILES string of the molecule is COC(=O)C1=C(C(=O)OC)[C@H]2C(C(C)(C)C)=C[C@@H]1C(=O)[C@]21CO1. The van der Waals surface area contributed by atoms with E-state index in [9.17, 15) is 14.4 Å². The Morgan fingerprint density at radius 2 is 1.70 bits per heavy atom. The van der Waals surface area contributed by atoms with E-state index in [0.717, 1.165) is 5.57 Å². The Labute approximate surface area is 134 Å². The Morgan fingerprint density at radius 3 is 2.13 bits per heavy atom. The van der Waals surface area contributed by atoms with E-state index in [0.29, 0.717) is 0 Å². The first-order valence-corrected chi connectivity index (χ1v) is 7.50. The smallest absolute Gasteiger partial charge is 0.335 e. The van der Waals surface area contributed by atoms with Crippen molar-refractivity contribution in [2.45, 2.75) is 26.4 Å². The summed E-state index contributed by atoms with van der Waals surface area (Å²) in [5, 5.41) is 0. The first kappa shape index (κ1) is 15.9. The minimum Gasteiger partial charge on any atom is -0.466 e. The molecule has 1 aliphatic heterocycles. The largest absolute Gasteiger partial charge is 0.466 e. The molecule has 4 rings (SSSR count). The fourth-order valence-electron chi connectivity index (χ4n) is 3.69. The molecule has 1 fully saturated rings. The number of hydrogen-bond donors (Lipinski definition) is 0. The van der Waals surface area contributed by atoms with Gasteiger partial charge in [-0.15, -0.1) is 0 Å². The van der Waals surface area contributed by atoms with Crippen LogP contribution >= 0.6 is 0 Å². The van der Waals surface area contributed by atoms with Crippen LogP contribution in [0.2, 0.25) is 0 Å². The number of ketones is 1. The van der Waals surface area contributed by atoms with Gasteiger partial charge in [-0.05, 0) is 5.41 Å². The van der Waals surface area contributed by atoms with Gasteiger partial charge in [-0.2, -0.15) is 0 Å². The number of ether oxygens (including phenoxy) is 3. The van der Waals surface area contributed by atoms with E-state index >= 15 is 0 Å². The summed E-state index contributed by atoms with van der Waals surface area (Å²) in [5.41, 5.74) is -0.0861. The zero-order chi connectivity index (χ0) is 17.2. The van der Waals surface area contributed by atoms with E-state index in [1.165, 1.54) is 14.2 Å². The Balaban J connectivity index is 2.26. The van der Waals surface area contributed by atoms with Crippen LogP contribution in [-0.2, 0) is 28.6 Å². The van der Waals surface area contributed by atoms with Crippen molar-refractivity contribution in [3.8, 4) is 0 Å². The second-order valence-corrected chi connectivity index (χ2v) is 7.14. The molecule has 124 valence electrons. The van der Waals surface area contributed by atoms with Gasteiger partial charge in [0.25, 0.3) is 0 Å². The molecular formula is C17H20O6. The number of carbonyl (C=O) groups is 3. The van der Waals surface area contributed by atoms with E-state index in [1.807, 2.05) is 20.8 Å². The molecule has 6 nitrogen and oxygen atoms in total. The van der Waals surface area contributed by atoms with E-state index in [-0.39, 0.29) is 29.0 Å². The minimum absolute atomic E-state index is 0.0866. The third-order valence-electron chi connectivity index (χ3n) is 4.84. The van der Waals surface area contributed by atoms with Crippen molar-refractivity contribution in [1.82, 2.24) is 0 Å². The molecule has 3 atom stereocenters. The van der Waals surface area contributed by atoms with Crippen LogP contribution in [0.25, 0.3) is 0 Å². The van der Waals surface area contributed by atoms with Crippen LogP contribution in [0, 0.1) is 17.3 Å². The minimum atomic E-state index is -1.02. The molecule has 0 amide bonds. The summed E-state index contributed by atoms with van der Waals surface area (Å²) in [6.07, 6.45) is 1.79. The number of epoxide rings is 1. The number of carbonyl (C=O) groups excluding carboxylic acids is 3. The van der Waals surface area contributed by atoms with Crippen LogP contribution < -0.4 is 0 Å². The summed E-state index contributed by atoms with van der Waals surface area (Å²) in [4.78, 5) is 37.4. The number of methoxy groups -OCH3 is 2. The highest BCUT2D eigenvalue weighted by Crippen LogP contribution is 2.58. The Bertz CT molecular complexity index is 672. The van der Waals surface area contributed by atoms with Gasteiger partial charge in [-0.3, -0.25) is 4.79 Å². The van der Waals surface area contributed by atoms with Crippen LogP contribution in [0.5, 0.6) is 0 Å². The molecule has 0 aromatic carbocycles. The second kappa shape index (κ2) is 4.77. The predicted octanol–water partition coefficient (Wildman–Crippen LogP) is 1.20. The maximum atomic E-state index is 12.8. The fourth-order valence-corrected chi connectivity index (χ4v) is 3.69. The average Bonchev–Trinajstić information content (AvgIpc) is 3.29. The first-order valence-electron chi connectivity index (χ1n) is 7.50. The molecular weight excluding hydrogens is 300 g/mol. The lowest BCUT2D eigenvalue weighted by molar-refractivity contribution is -0.143. The van der Waals surface area contributed by atoms with Gasteiger partial charge in [0.05, 0.1) is 43.8 Å². The highest BCUT2D eigenvalue weighted by molar-refractivity contribution is 6.13. The lowest BCUT2D eigenvalue weighted by Crippen LogP contribution is -2.53. The average molecular weight is 320 g/mol. The molecule has 1 saturated heterocycles. The molecule has 0 N–H and O–H groups in total. The maximum absolute atomic E-state index is 12.8. The molecule has 6 heteroatoms. The number of rotatable bonds is 2. The van der Waals surface area contributed by atoms with Crippen LogP contribution in [0.15, 0.2) is 22.8 Å². The molecule has 0 radical (unpaired) electrons. The lowest BCUT2D eigenvalue weighted by atomic mass is 9.57. The van der Waals surface area contributed by atoms with E-state index in [4.69, 9.17) is 14.2 Å². The van der Waals surface area contributed by atoms with Crippen molar-refractivity contribution in [3.63, 3.8) is 0 Å². The molecule has 0 unspecified atom stereocenters. The third kappa shape index (κ3) is 2.01. The van der Waals surface area contributed by atoms with Gasteiger partial charge in [-0.25, -0.2) is 9.59 Å². The molecule has 3 aliphatic carbocycles. The van der Waals surface area contributed by atoms with Crippen LogP contribution in [0.1, 0.15) is 20.8 Å². The van der Waals surface area contributed by atoms with Gasteiger partial charge in [0.2, 0.25) is 0 Å². The number of esters is 2. The summed E-state index contributed by atoms with van der Waals surface area (Å²) in [7, 11) is 2.49. The van der Waals surface area contributed by atoms with Gasteiger partial charge in [0.1, 0.15) is 0 Å². The van der Waals surface area contributed by atoms with Gasteiger partial charge in [0, 0.05) is 0 Å². The predicted molar refractivity (Wildman–Crippen MR) is 79.3 cm³/mol. The van der Waals surface area contributed by atoms with Crippen molar-refractivity contribution in [2.24, 2.45) is 17.3 Å². The molecule has 1 heterocycles. The van der Waals surface area contributed by atoms with Crippen molar-refractivity contribution in [2.75, 3.05) is 20.8 Å². The molecule has 2 bridgehead atoms. The monoisotopic (exact) mass is 320 g/mol. The lowest BCUT2D eigenvalue weighted by Gasteiger charge is -2.44. The molecule has 0 saturated carbocycles. The second-order valence-electron chi connectivity index (χ2n) is 7.14.